The summed E-state index contributed by atoms with van der Waals surface area (Å²) in [6.07, 6.45) is 5.30. The minimum absolute atomic E-state index is 0.0770. The molecule has 4 rings (SSSR count). The number of rotatable bonds is 4. The van der Waals surface area contributed by atoms with Crippen LogP contribution in [0.15, 0.2) is 65.5 Å². The number of aliphatic hydroxyl groups excluding tert-OH is 1. The second kappa shape index (κ2) is 5.70. The molecule has 0 saturated heterocycles. The summed E-state index contributed by atoms with van der Waals surface area (Å²) in [5.74, 6) is 0. The Morgan fingerprint density at radius 2 is 2.00 bits per heavy atom. The van der Waals surface area contributed by atoms with Crippen LogP contribution in [0.25, 0.3) is 33.5 Å². The van der Waals surface area contributed by atoms with E-state index < -0.39 is 0 Å². The van der Waals surface area contributed by atoms with Crippen molar-refractivity contribution < 1.29 is 9.52 Å². The predicted molar refractivity (Wildman–Crippen MR) is 87.8 cm³/mol. The highest BCUT2D eigenvalue weighted by atomic mass is 16.3. The van der Waals surface area contributed by atoms with Crippen molar-refractivity contribution in [1.82, 2.24) is 14.8 Å². The Kier molecular flexibility index (Phi) is 3.40. The largest absolute Gasteiger partial charge is 0.464 e. The van der Waals surface area contributed by atoms with Crippen LogP contribution >= 0.6 is 0 Å². The number of aliphatic hydroxyl groups is 1. The van der Waals surface area contributed by atoms with Gasteiger partial charge >= 0.3 is 0 Å². The molecule has 114 valence electrons. The SMILES string of the molecule is OCCn1ccc(-c2cccc(-c3nccc4occc34)c2)n1. The number of hydrogen-bond acceptors (Lipinski definition) is 4. The molecular weight excluding hydrogens is 290 g/mol. The van der Waals surface area contributed by atoms with E-state index in [2.05, 4.69) is 16.1 Å². The maximum absolute atomic E-state index is 8.99. The molecular formula is C18H15N3O2. The average molecular weight is 305 g/mol. The second-order valence-electron chi connectivity index (χ2n) is 5.26. The van der Waals surface area contributed by atoms with E-state index >= 15 is 0 Å². The van der Waals surface area contributed by atoms with Crippen molar-refractivity contribution in [2.75, 3.05) is 6.61 Å². The molecule has 3 heterocycles. The molecule has 4 aromatic rings. The topological polar surface area (TPSA) is 64.1 Å². The number of pyridine rings is 1. The third-order valence-electron chi connectivity index (χ3n) is 3.78. The summed E-state index contributed by atoms with van der Waals surface area (Å²) in [6.45, 7) is 0.573. The zero-order valence-electron chi connectivity index (χ0n) is 12.4. The summed E-state index contributed by atoms with van der Waals surface area (Å²) in [4.78, 5) is 4.50. The average Bonchev–Trinajstić information content (AvgIpc) is 3.24. The van der Waals surface area contributed by atoms with Crippen LogP contribution < -0.4 is 0 Å². The lowest BCUT2D eigenvalue weighted by Gasteiger charge is -2.04. The summed E-state index contributed by atoms with van der Waals surface area (Å²) < 4.78 is 7.18. The maximum Gasteiger partial charge on any atom is 0.137 e. The summed E-state index contributed by atoms with van der Waals surface area (Å²) in [6, 6.07) is 13.9. The zero-order chi connectivity index (χ0) is 15.6. The molecule has 5 heteroatoms. The van der Waals surface area contributed by atoms with Gasteiger partial charge in [-0.3, -0.25) is 9.67 Å². The van der Waals surface area contributed by atoms with E-state index in [-0.39, 0.29) is 6.61 Å². The first-order valence-electron chi connectivity index (χ1n) is 7.42. The molecule has 0 spiro atoms. The van der Waals surface area contributed by atoms with Gasteiger partial charge in [-0.05, 0) is 24.3 Å². The van der Waals surface area contributed by atoms with Crippen molar-refractivity contribution >= 4 is 11.0 Å². The molecule has 3 aromatic heterocycles. The van der Waals surface area contributed by atoms with Crippen molar-refractivity contribution in [1.29, 1.82) is 0 Å². The lowest BCUT2D eigenvalue weighted by Crippen LogP contribution is -2.02. The Bertz CT molecular complexity index is 955. The number of benzene rings is 1. The third-order valence-corrected chi connectivity index (χ3v) is 3.78. The molecule has 5 nitrogen and oxygen atoms in total. The zero-order valence-corrected chi connectivity index (χ0v) is 12.4. The minimum atomic E-state index is 0.0770. The third kappa shape index (κ3) is 2.51. The highest BCUT2D eigenvalue weighted by molar-refractivity contribution is 5.92. The Morgan fingerprint density at radius 1 is 1.09 bits per heavy atom. The number of hydrogen-bond donors (Lipinski definition) is 1. The van der Waals surface area contributed by atoms with Crippen LogP contribution in [0.5, 0.6) is 0 Å². The summed E-state index contributed by atoms with van der Waals surface area (Å²) in [7, 11) is 0. The van der Waals surface area contributed by atoms with Crippen LogP contribution in [0, 0.1) is 0 Å². The van der Waals surface area contributed by atoms with Gasteiger partial charge in [0.2, 0.25) is 0 Å². The second-order valence-corrected chi connectivity index (χ2v) is 5.26. The van der Waals surface area contributed by atoms with Gasteiger partial charge in [0.05, 0.1) is 30.8 Å². The number of furan rings is 1. The van der Waals surface area contributed by atoms with Gasteiger partial charge < -0.3 is 9.52 Å². The smallest absolute Gasteiger partial charge is 0.137 e. The van der Waals surface area contributed by atoms with Gasteiger partial charge in [0.15, 0.2) is 0 Å². The molecule has 0 fully saturated rings. The molecule has 0 aliphatic carbocycles. The Balaban J connectivity index is 1.77. The first-order valence-corrected chi connectivity index (χ1v) is 7.42. The molecule has 0 amide bonds. The molecule has 0 aliphatic rings. The quantitative estimate of drug-likeness (QED) is 0.628. The minimum Gasteiger partial charge on any atom is -0.464 e. The van der Waals surface area contributed by atoms with E-state index in [0.29, 0.717) is 6.54 Å². The van der Waals surface area contributed by atoms with Crippen LogP contribution in [0.3, 0.4) is 0 Å². The van der Waals surface area contributed by atoms with Gasteiger partial charge in [0, 0.05) is 28.9 Å². The van der Waals surface area contributed by atoms with Crippen LogP contribution in [0.2, 0.25) is 0 Å². The van der Waals surface area contributed by atoms with E-state index in [0.717, 1.165) is 33.5 Å². The van der Waals surface area contributed by atoms with Crippen molar-refractivity contribution in [2.45, 2.75) is 6.54 Å². The molecule has 23 heavy (non-hydrogen) atoms. The highest BCUT2D eigenvalue weighted by Gasteiger charge is 2.09. The van der Waals surface area contributed by atoms with E-state index in [4.69, 9.17) is 9.52 Å². The molecule has 1 aromatic carbocycles. The van der Waals surface area contributed by atoms with Gasteiger partial charge in [-0.1, -0.05) is 18.2 Å². The van der Waals surface area contributed by atoms with Crippen LogP contribution in [0.4, 0.5) is 0 Å². The molecule has 0 saturated carbocycles. The maximum atomic E-state index is 8.99. The van der Waals surface area contributed by atoms with E-state index in [1.807, 2.05) is 42.6 Å². The van der Waals surface area contributed by atoms with Crippen molar-refractivity contribution in [3.63, 3.8) is 0 Å². The first kappa shape index (κ1) is 13.7. The predicted octanol–water partition coefficient (Wildman–Crippen LogP) is 3.35. The fraction of sp³-hybridized carbons (Fsp3) is 0.111. The molecule has 1 N–H and O–H groups in total. The normalized spacial score (nSPS) is 11.2. The molecule has 0 radical (unpaired) electrons. The molecule has 0 atom stereocenters. The first-order chi connectivity index (χ1) is 11.3. The van der Waals surface area contributed by atoms with Gasteiger partial charge in [-0.2, -0.15) is 5.10 Å². The standard InChI is InChI=1S/C18H15N3O2/c22-10-9-21-8-5-16(20-21)13-2-1-3-14(12-13)18-15-6-11-23-17(15)4-7-19-18/h1-8,11-12,22H,9-10H2. The van der Waals surface area contributed by atoms with Gasteiger partial charge in [-0.15, -0.1) is 0 Å². The van der Waals surface area contributed by atoms with Gasteiger partial charge in [-0.25, -0.2) is 0 Å². The molecule has 0 bridgehead atoms. The number of aromatic nitrogens is 3. The Labute approximate surface area is 132 Å². The fourth-order valence-electron chi connectivity index (χ4n) is 2.69. The van der Waals surface area contributed by atoms with Crippen LogP contribution in [0.1, 0.15) is 0 Å². The number of nitrogens with zero attached hydrogens (tertiary/aromatic N) is 3. The van der Waals surface area contributed by atoms with E-state index in [1.54, 1.807) is 17.1 Å². The number of fused-ring (bicyclic) bond motifs is 1. The Morgan fingerprint density at radius 3 is 2.91 bits per heavy atom. The Hall–Kier alpha value is -2.92. The van der Waals surface area contributed by atoms with E-state index in [1.165, 1.54) is 0 Å². The monoisotopic (exact) mass is 305 g/mol. The van der Waals surface area contributed by atoms with Gasteiger partial charge in [0.1, 0.15) is 5.58 Å². The van der Waals surface area contributed by atoms with Gasteiger partial charge in [0.25, 0.3) is 0 Å². The van der Waals surface area contributed by atoms with Crippen molar-refractivity contribution in [2.24, 2.45) is 0 Å². The fourth-order valence-corrected chi connectivity index (χ4v) is 2.69. The van der Waals surface area contributed by atoms with Crippen LogP contribution in [-0.2, 0) is 6.54 Å². The summed E-state index contributed by atoms with van der Waals surface area (Å²) in [5, 5.41) is 14.5. The summed E-state index contributed by atoms with van der Waals surface area (Å²) in [5.41, 5.74) is 4.63. The van der Waals surface area contributed by atoms with E-state index in [9.17, 15) is 0 Å². The lowest BCUT2D eigenvalue weighted by molar-refractivity contribution is 0.269. The lowest BCUT2D eigenvalue weighted by atomic mass is 10.0. The summed E-state index contributed by atoms with van der Waals surface area (Å²) >= 11 is 0. The van der Waals surface area contributed by atoms with Crippen molar-refractivity contribution in [3.05, 3.63) is 61.1 Å². The van der Waals surface area contributed by atoms with Crippen molar-refractivity contribution in [3.8, 4) is 22.5 Å². The molecule has 0 aliphatic heterocycles. The van der Waals surface area contributed by atoms with Crippen LogP contribution in [-0.4, -0.2) is 26.5 Å². The highest BCUT2D eigenvalue weighted by Crippen LogP contribution is 2.29. The molecule has 0 unspecified atom stereocenters.